The van der Waals surface area contributed by atoms with Gasteiger partial charge in [-0.2, -0.15) is 0 Å². The van der Waals surface area contributed by atoms with Crippen molar-refractivity contribution in [2.75, 3.05) is 4.90 Å². The fourth-order valence-corrected chi connectivity index (χ4v) is 12.3. The Labute approximate surface area is 343 Å². The maximum absolute atomic E-state index is 2.95. The van der Waals surface area contributed by atoms with Crippen LogP contribution in [0.3, 0.4) is 0 Å². The molecule has 3 fully saturated rings. The molecule has 2 aliphatic heterocycles. The van der Waals surface area contributed by atoms with Gasteiger partial charge in [-0.15, -0.1) is 0 Å². The van der Waals surface area contributed by atoms with Crippen LogP contribution in [0.2, 0.25) is 11.6 Å². The number of fused-ring (bicyclic) bond motifs is 4. The highest BCUT2D eigenvalue weighted by atomic mass is 15.3. The molecule has 10 rings (SSSR count). The first-order chi connectivity index (χ1) is 27.8. The number of rotatable bonds is 7. The van der Waals surface area contributed by atoms with E-state index in [-0.39, 0.29) is 16.9 Å². The minimum Gasteiger partial charge on any atom is -0.362 e. The summed E-state index contributed by atoms with van der Waals surface area (Å²) >= 11 is 0. The van der Waals surface area contributed by atoms with Crippen LogP contribution in [-0.2, 0) is 5.41 Å². The Balaban J connectivity index is 1.13. The molecule has 0 N–H and O–H groups in total. The molecule has 2 aromatic carbocycles. The van der Waals surface area contributed by atoms with Crippen molar-refractivity contribution >= 4 is 12.4 Å². The first-order valence-electron chi connectivity index (χ1n) is 22.4. The van der Waals surface area contributed by atoms with E-state index in [1.807, 2.05) is 0 Å². The summed E-state index contributed by atoms with van der Waals surface area (Å²) in [6.07, 6.45) is 46.9. The number of nitrogens with zero attached hydrogens (tertiary/aromatic N) is 2. The topological polar surface area (TPSA) is 6.48 Å². The van der Waals surface area contributed by atoms with Crippen LogP contribution in [0.1, 0.15) is 91.0 Å². The number of para-hydroxylation sites is 1. The van der Waals surface area contributed by atoms with Crippen molar-refractivity contribution in [1.82, 2.24) is 4.90 Å². The average Bonchev–Trinajstić information content (AvgIpc) is 3.27. The number of hydrogen-bond donors (Lipinski definition) is 0. The van der Waals surface area contributed by atoms with E-state index in [2.05, 4.69) is 183 Å². The van der Waals surface area contributed by atoms with E-state index in [0.717, 1.165) is 25.7 Å². The van der Waals surface area contributed by atoms with Crippen LogP contribution >= 0.6 is 0 Å². The van der Waals surface area contributed by atoms with Gasteiger partial charge in [-0.3, -0.25) is 0 Å². The van der Waals surface area contributed by atoms with E-state index in [0.29, 0.717) is 42.4 Å². The van der Waals surface area contributed by atoms with Gasteiger partial charge in [-0.1, -0.05) is 180 Å². The summed E-state index contributed by atoms with van der Waals surface area (Å²) in [6.45, 7) is 10.2. The number of hydrogen-bond acceptors (Lipinski definition) is 2. The van der Waals surface area contributed by atoms with Gasteiger partial charge in [-0.25, -0.2) is 0 Å². The van der Waals surface area contributed by atoms with Crippen molar-refractivity contribution in [3.05, 3.63) is 185 Å². The molecule has 290 valence electrons. The smallest absolute Gasteiger partial charge is 0.195 e. The third-order valence-corrected chi connectivity index (χ3v) is 15.5. The Bertz CT molecular complexity index is 2180. The summed E-state index contributed by atoms with van der Waals surface area (Å²) < 4.78 is 0. The second kappa shape index (κ2) is 14.7. The summed E-state index contributed by atoms with van der Waals surface area (Å²) in [5.74, 6) is 1.38. The van der Waals surface area contributed by atoms with Gasteiger partial charge in [0.25, 0.3) is 0 Å². The van der Waals surface area contributed by atoms with Gasteiger partial charge < -0.3 is 9.80 Å². The Morgan fingerprint density at radius 2 is 1.42 bits per heavy atom. The van der Waals surface area contributed by atoms with E-state index < -0.39 is 0 Å². The van der Waals surface area contributed by atoms with Crippen LogP contribution in [0, 0.1) is 11.3 Å². The lowest BCUT2D eigenvalue weighted by atomic mass is 9.22. The number of allylic oxidation sites excluding steroid dienone is 12. The Kier molecular flexibility index (Phi) is 9.50. The third-order valence-electron chi connectivity index (χ3n) is 15.5. The van der Waals surface area contributed by atoms with E-state index in [9.17, 15) is 0 Å². The predicted octanol–water partition coefficient (Wildman–Crippen LogP) is 13.0. The summed E-state index contributed by atoms with van der Waals surface area (Å²) in [7, 11) is 0. The number of anilines is 1. The average molecular weight is 749 g/mol. The molecule has 2 aromatic rings. The molecule has 0 bridgehead atoms. The van der Waals surface area contributed by atoms with Gasteiger partial charge in [0.2, 0.25) is 0 Å². The fraction of sp³-hybridized carbons (Fsp3) is 0.407. The molecule has 0 aromatic heterocycles. The van der Waals surface area contributed by atoms with E-state index in [1.54, 1.807) is 16.7 Å². The zero-order chi connectivity index (χ0) is 38.7. The second-order valence-corrected chi connectivity index (χ2v) is 19.2. The Morgan fingerprint density at radius 3 is 2.16 bits per heavy atom. The minimum absolute atomic E-state index is 0.000946. The van der Waals surface area contributed by atoms with Crippen LogP contribution in [-0.4, -0.2) is 35.8 Å². The molecule has 6 unspecified atom stereocenters. The van der Waals surface area contributed by atoms with E-state index in [1.165, 1.54) is 60.1 Å². The molecular weight excluding hydrogens is 687 g/mol. The molecule has 2 nitrogen and oxygen atoms in total. The molecule has 0 spiro atoms. The Morgan fingerprint density at radius 1 is 0.667 bits per heavy atom. The van der Waals surface area contributed by atoms with E-state index >= 15 is 0 Å². The molecule has 0 amide bonds. The molecular formula is C54H61BN2. The largest absolute Gasteiger partial charge is 0.362 e. The van der Waals surface area contributed by atoms with Gasteiger partial charge in [-0.05, 0) is 96.3 Å². The predicted molar refractivity (Wildman–Crippen MR) is 243 cm³/mol. The van der Waals surface area contributed by atoms with Gasteiger partial charge in [0.1, 0.15) is 0 Å². The lowest BCUT2D eigenvalue weighted by Crippen LogP contribution is -2.66. The normalized spacial score (nSPS) is 29.6. The highest BCUT2D eigenvalue weighted by Gasteiger charge is 2.59. The molecule has 0 radical (unpaired) electrons. The standard InChI is InChI=1S/C54H61BN2/c1-53(2,40-21-11-6-12-22-40)42-29-32-45(33-30-42)57-49-34-31-43(54(3,4)41-23-13-7-14-24-41)37-47(49)55-46-27-17-18-28-48(46)56(44-25-15-8-16-26-44)50-35-39(36-51(57)52(50)55)38-19-9-5-10-20-38/h7-8,11,13-18,21-27,29-32,34-38,45,47-50,52H,5-6,9-10,12,19-20,28,33H2,1-4H3. The van der Waals surface area contributed by atoms with Crippen LogP contribution in [0.4, 0.5) is 5.69 Å². The summed E-state index contributed by atoms with van der Waals surface area (Å²) in [4.78, 5) is 5.82. The zero-order valence-corrected chi connectivity index (χ0v) is 34.7. The molecule has 8 aliphatic rings. The van der Waals surface area contributed by atoms with Crippen molar-refractivity contribution in [3.63, 3.8) is 0 Å². The zero-order valence-electron chi connectivity index (χ0n) is 34.7. The molecule has 1 saturated carbocycles. The molecule has 57 heavy (non-hydrogen) atoms. The second-order valence-electron chi connectivity index (χ2n) is 19.2. The first-order valence-corrected chi connectivity index (χ1v) is 22.4. The van der Waals surface area contributed by atoms with Crippen LogP contribution < -0.4 is 4.90 Å². The van der Waals surface area contributed by atoms with Gasteiger partial charge in [0.05, 0.1) is 12.1 Å². The summed E-state index contributed by atoms with van der Waals surface area (Å²) in [5, 5.41) is 0. The monoisotopic (exact) mass is 748 g/mol. The van der Waals surface area contributed by atoms with Crippen LogP contribution in [0.25, 0.3) is 0 Å². The molecule has 2 saturated heterocycles. The van der Waals surface area contributed by atoms with Crippen molar-refractivity contribution in [2.45, 2.75) is 127 Å². The fourth-order valence-electron chi connectivity index (χ4n) is 12.3. The number of benzene rings is 2. The first kappa shape index (κ1) is 36.8. The minimum atomic E-state index is -0.0924. The molecule has 3 heteroatoms. The lowest BCUT2D eigenvalue weighted by Gasteiger charge is -2.62. The molecule has 6 aliphatic carbocycles. The van der Waals surface area contributed by atoms with Crippen LogP contribution in [0.15, 0.2) is 179 Å². The molecule has 2 heterocycles. The van der Waals surface area contributed by atoms with Crippen molar-refractivity contribution in [1.29, 1.82) is 0 Å². The van der Waals surface area contributed by atoms with Gasteiger partial charge in [0.15, 0.2) is 6.71 Å². The third kappa shape index (κ3) is 6.30. The van der Waals surface area contributed by atoms with Crippen LogP contribution in [0.5, 0.6) is 0 Å². The van der Waals surface area contributed by atoms with Gasteiger partial charge >= 0.3 is 0 Å². The van der Waals surface area contributed by atoms with Crippen molar-refractivity contribution in [3.8, 4) is 0 Å². The summed E-state index contributed by atoms with van der Waals surface area (Å²) in [5.41, 5.74) is 11.9. The maximum atomic E-state index is 2.95. The highest BCUT2D eigenvalue weighted by molar-refractivity contribution is 6.72. The SMILES string of the molecule is CC(C)(C1=CCCC=C1)C1=CCC(N2C3=CC(C4CCCCC4)=CC4C3B(C3=CC=CCC3N4c3ccccc3)C3C=C(C(C)(C)c4ccccc4)C=CC32)C=C1. The maximum Gasteiger partial charge on any atom is 0.195 e. The van der Waals surface area contributed by atoms with Gasteiger partial charge in [0, 0.05) is 40.1 Å². The highest BCUT2D eigenvalue weighted by Crippen LogP contribution is 2.59. The Hall–Kier alpha value is -4.50. The molecule has 6 atom stereocenters. The van der Waals surface area contributed by atoms with E-state index in [4.69, 9.17) is 0 Å². The lowest BCUT2D eigenvalue weighted by molar-refractivity contribution is 0.213. The quantitative estimate of drug-likeness (QED) is 0.260. The summed E-state index contributed by atoms with van der Waals surface area (Å²) in [6, 6.07) is 23.9. The van der Waals surface area contributed by atoms with Crippen molar-refractivity contribution < 1.29 is 0 Å². The van der Waals surface area contributed by atoms with Crippen molar-refractivity contribution in [2.24, 2.45) is 11.3 Å².